The van der Waals surface area contributed by atoms with Gasteiger partial charge in [0.15, 0.2) is 0 Å². The second kappa shape index (κ2) is 6.17. The molecule has 2 heterocycles. The third-order valence-electron chi connectivity index (χ3n) is 3.24. The number of hydrogen-bond acceptors (Lipinski definition) is 3. The van der Waals surface area contributed by atoms with Gasteiger partial charge in [-0.1, -0.05) is 19.4 Å². The number of nitrogens with one attached hydrogen (secondary N) is 2. The van der Waals surface area contributed by atoms with Gasteiger partial charge in [-0.3, -0.25) is 4.79 Å². The Hall–Kier alpha value is -0.870. The molecule has 1 amide bonds. The first-order chi connectivity index (χ1) is 8.31. The van der Waals surface area contributed by atoms with E-state index in [-0.39, 0.29) is 18.0 Å². The molecule has 1 fully saturated rings. The first-order valence-electron chi connectivity index (χ1n) is 6.38. The number of rotatable bonds is 4. The predicted octanol–water partition coefficient (Wildman–Crippen LogP) is 2.46. The smallest absolute Gasteiger partial charge is 0.237 e. The molecule has 4 heteroatoms. The first-order valence-corrected chi connectivity index (χ1v) is 7.26. The van der Waals surface area contributed by atoms with E-state index in [0.29, 0.717) is 0 Å². The lowest BCUT2D eigenvalue weighted by molar-refractivity contribution is -0.124. The molecule has 0 bridgehead atoms. The summed E-state index contributed by atoms with van der Waals surface area (Å²) in [6.07, 6.45) is 4.25. The van der Waals surface area contributed by atoms with Crippen LogP contribution in [-0.4, -0.2) is 18.5 Å². The van der Waals surface area contributed by atoms with Crippen molar-refractivity contribution in [2.24, 2.45) is 0 Å². The zero-order valence-corrected chi connectivity index (χ0v) is 11.1. The van der Waals surface area contributed by atoms with Gasteiger partial charge in [0.1, 0.15) is 0 Å². The molecule has 1 unspecified atom stereocenters. The van der Waals surface area contributed by atoms with Crippen molar-refractivity contribution < 1.29 is 4.79 Å². The van der Waals surface area contributed by atoms with Crippen LogP contribution in [0, 0.1) is 0 Å². The van der Waals surface area contributed by atoms with Crippen LogP contribution in [-0.2, 0) is 4.79 Å². The summed E-state index contributed by atoms with van der Waals surface area (Å²) in [6, 6.07) is 4.31. The molecule has 2 rings (SSSR count). The molecule has 0 saturated carbocycles. The fourth-order valence-corrected chi connectivity index (χ4v) is 3.07. The Morgan fingerprint density at radius 2 is 2.53 bits per heavy atom. The van der Waals surface area contributed by atoms with Gasteiger partial charge >= 0.3 is 0 Å². The minimum absolute atomic E-state index is 0.0118. The molecule has 0 radical (unpaired) electrons. The van der Waals surface area contributed by atoms with Gasteiger partial charge in [-0.25, -0.2) is 0 Å². The third kappa shape index (κ3) is 3.30. The molecule has 0 spiro atoms. The summed E-state index contributed by atoms with van der Waals surface area (Å²) in [5, 5.41) is 8.49. The van der Waals surface area contributed by atoms with Crippen LogP contribution >= 0.6 is 11.3 Å². The number of thiophene rings is 1. The molecule has 2 atom stereocenters. The minimum atomic E-state index is 0.0118. The summed E-state index contributed by atoms with van der Waals surface area (Å²) in [5.74, 6) is 0.157. The molecular formula is C13H20N2OS. The zero-order chi connectivity index (χ0) is 12.1. The van der Waals surface area contributed by atoms with E-state index in [0.717, 1.165) is 25.8 Å². The number of carbonyl (C=O) groups is 1. The fourth-order valence-electron chi connectivity index (χ4n) is 2.21. The van der Waals surface area contributed by atoms with E-state index in [9.17, 15) is 4.79 Å². The van der Waals surface area contributed by atoms with Crippen LogP contribution < -0.4 is 10.6 Å². The first kappa shape index (κ1) is 12.6. The molecule has 3 nitrogen and oxygen atoms in total. The number of carbonyl (C=O) groups excluding carboxylic acids is 1. The lowest BCUT2D eigenvalue weighted by Gasteiger charge is -2.25. The lowest BCUT2D eigenvalue weighted by Crippen LogP contribution is -2.47. The Morgan fingerprint density at radius 1 is 1.65 bits per heavy atom. The second-order valence-corrected chi connectivity index (χ2v) is 5.47. The predicted molar refractivity (Wildman–Crippen MR) is 71.1 cm³/mol. The normalized spacial score (nSPS) is 22.1. The van der Waals surface area contributed by atoms with Crippen molar-refractivity contribution in [2.75, 3.05) is 6.54 Å². The van der Waals surface area contributed by atoms with Crippen LogP contribution in [0.3, 0.4) is 0 Å². The molecular weight excluding hydrogens is 232 g/mol. The molecule has 2 N–H and O–H groups in total. The molecule has 1 aliphatic rings. The summed E-state index contributed by atoms with van der Waals surface area (Å²) >= 11 is 1.71. The van der Waals surface area contributed by atoms with E-state index in [2.05, 4.69) is 29.0 Å². The van der Waals surface area contributed by atoms with Gasteiger partial charge in [-0.15, -0.1) is 11.3 Å². The maximum absolute atomic E-state index is 12.1. The second-order valence-electron chi connectivity index (χ2n) is 4.49. The average molecular weight is 252 g/mol. The van der Waals surface area contributed by atoms with E-state index in [1.165, 1.54) is 11.3 Å². The Kier molecular flexibility index (Phi) is 4.57. The summed E-state index contributed by atoms with van der Waals surface area (Å²) in [6.45, 7) is 3.08. The molecule has 0 aromatic carbocycles. The topological polar surface area (TPSA) is 41.1 Å². The van der Waals surface area contributed by atoms with Crippen molar-refractivity contribution >= 4 is 17.2 Å². The van der Waals surface area contributed by atoms with Crippen LogP contribution in [0.25, 0.3) is 0 Å². The highest BCUT2D eigenvalue weighted by atomic mass is 32.1. The lowest BCUT2D eigenvalue weighted by atomic mass is 10.0. The zero-order valence-electron chi connectivity index (χ0n) is 10.2. The summed E-state index contributed by atoms with van der Waals surface area (Å²) < 4.78 is 0. The highest BCUT2D eigenvalue weighted by Crippen LogP contribution is 2.22. The molecule has 94 valence electrons. The minimum Gasteiger partial charge on any atom is -0.347 e. The van der Waals surface area contributed by atoms with E-state index >= 15 is 0 Å². The van der Waals surface area contributed by atoms with Crippen LogP contribution in [0.15, 0.2) is 17.5 Å². The van der Waals surface area contributed by atoms with Crippen molar-refractivity contribution in [3.8, 4) is 0 Å². The Balaban J connectivity index is 1.92. The molecule has 1 aromatic rings. The average Bonchev–Trinajstić information content (AvgIpc) is 2.90. The van der Waals surface area contributed by atoms with Gasteiger partial charge < -0.3 is 10.6 Å². The summed E-state index contributed by atoms with van der Waals surface area (Å²) in [4.78, 5) is 13.3. The largest absolute Gasteiger partial charge is 0.347 e. The van der Waals surface area contributed by atoms with Gasteiger partial charge in [-0.2, -0.15) is 0 Å². The van der Waals surface area contributed by atoms with Crippen molar-refractivity contribution in [1.29, 1.82) is 0 Å². The van der Waals surface area contributed by atoms with E-state index in [1.807, 2.05) is 6.07 Å². The molecule has 1 aliphatic heterocycles. The highest BCUT2D eigenvalue weighted by molar-refractivity contribution is 7.10. The quantitative estimate of drug-likeness (QED) is 0.864. The van der Waals surface area contributed by atoms with Gasteiger partial charge in [0.2, 0.25) is 5.91 Å². The number of piperidine rings is 1. The Morgan fingerprint density at radius 3 is 3.12 bits per heavy atom. The number of hydrogen-bond donors (Lipinski definition) is 2. The monoisotopic (exact) mass is 252 g/mol. The van der Waals surface area contributed by atoms with Gasteiger partial charge in [0.25, 0.3) is 0 Å². The van der Waals surface area contributed by atoms with Crippen molar-refractivity contribution in [3.63, 3.8) is 0 Å². The fraction of sp³-hybridized carbons (Fsp3) is 0.615. The van der Waals surface area contributed by atoms with Gasteiger partial charge in [0, 0.05) is 4.88 Å². The van der Waals surface area contributed by atoms with Gasteiger partial charge in [-0.05, 0) is 37.3 Å². The third-order valence-corrected chi connectivity index (χ3v) is 4.22. The van der Waals surface area contributed by atoms with Crippen molar-refractivity contribution in [3.05, 3.63) is 22.4 Å². The van der Waals surface area contributed by atoms with Crippen LogP contribution in [0.4, 0.5) is 0 Å². The summed E-state index contributed by atoms with van der Waals surface area (Å²) in [5.41, 5.74) is 0. The number of amides is 1. The SMILES string of the molecule is CCC(NC(=O)[C@H]1CCCCN1)c1cccs1. The maximum Gasteiger partial charge on any atom is 0.237 e. The Bertz CT molecular complexity index is 344. The van der Waals surface area contributed by atoms with E-state index in [4.69, 9.17) is 0 Å². The van der Waals surface area contributed by atoms with Gasteiger partial charge in [0.05, 0.1) is 12.1 Å². The van der Waals surface area contributed by atoms with Crippen LogP contribution in [0.2, 0.25) is 0 Å². The standard InChI is InChI=1S/C13H20N2OS/c1-2-10(12-7-5-9-17-12)15-13(16)11-6-3-4-8-14-11/h5,7,9-11,14H,2-4,6,8H2,1H3,(H,15,16)/t10?,11-/m1/s1. The van der Waals surface area contributed by atoms with Crippen molar-refractivity contribution in [1.82, 2.24) is 10.6 Å². The summed E-state index contributed by atoms with van der Waals surface area (Å²) in [7, 11) is 0. The van der Waals surface area contributed by atoms with E-state index < -0.39 is 0 Å². The molecule has 1 aromatic heterocycles. The maximum atomic E-state index is 12.1. The molecule has 1 saturated heterocycles. The van der Waals surface area contributed by atoms with Crippen molar-refractivity contribution in [2.45, 2.75) is 44.7 Å². The van der Waals surface area contributed by atoms with E-state index in [1.54, 1.807) is 11.3 Å². The molecule has 0 aliphatic carbocycles. The van der Waals surface area contributed by atoms with Crippen LogP contribution in [0.5, 0.6) is 0 Å². The van der Waals surface area contributed by atoms with Crippen LogP contribution in [0.1, 0.15) is 43.5 Å². The molecule has 17 heavy (non-hydrogen) atoms. The highest BCUT2D eigenvalue weighted by Gasteiger charge is 2.23. The Labute approximate surface area is 107 Å².